The van der Waals surface area contributed by atoms with E-state index in [-0.39, 0.29) is 16.7 Å². The Morgan fingerprint density at radius 3 is 2.76 bits per heavy atom. The highest BCUT2D eigenvalue weighted by Crippen LogP contribution is 2.30. The lowest BCUT2D eigenvalue weighted by atomic mass is 10.3. The van der Waals surface area contributed by atoms with E-state index in [0.29, 0.717) is 18.1 Å². The SMILES string of the molecule is Cc1nn(C(C)C)c(NCCc2ccc(Cl)s2)c1[N+](=O)[O-]. The second-order valence-corrected chi connectivity index (χ2v) is 6.76. The number of rotatable bonds is 6. The van der Waals surface area contributed by atoms with Crippen LogP contribution in [0.3, 0.4) is 0 Å². The average Bonchev–Trinajstić information content (AvgIpc) is 2.93. The Morgan fingerprint density at radius 1 is 1.52 bits per heavy atom. The fraction of sp³-hybridized carbons (Fsp3) is 0.462. The van der Waals surface area contributed by atoms with Crippen LogP contribution in [0.5, 0.6) is 0 Å². The molecule has 114 valence electrons. The van der Waals surface area contributed by atoms with Gasteiger partial charge in [0.25, 0.3) is 0 Å². The van der Waals surface area contributed by atoms with Gasteiger partial charge >= 0.3 is 5.69 Å². The Kier molecular flexibility index (Phi) is 4.84. The Bertz CT molecular complexity index is 651. The number of anilines is 1. The number of aromatic nitrogens is 2. The fourth-order valence-corrected chi connectivity index (χ4v) is 3.17. The Labute approximate surface area is 131 Å². The van der Waals surface area contributed by atoms with E-state index >= 15 is 0 Å². The lowest BCUT2D eigenvalue weighted by molar-refractivity contribution is -0.384. The van der Waals surface area contributed by atoms with Gasteiger partial charge in [0.1, 0.15) is 5.69 Å². The largest absolute Gasteiger partial charge is 0.364 e. The highest BCUT2D eigenvalue weighted by Gasteiger charge is 2.26. The van der Waals surface area contributed by atoms with Gasteiger partial charge in [-0.05, 0) is 39.3 Å². The van der Waals surface area contributed by atoms with E-state index in [1.165, 1.54) is 11.3 Å². The zero-order valence-corrected chi connectivity index (χ0v) is 13.7. The van der Waals surface area contributed by atoms with Crippen LogP contribution in [-0.4, -0.2) is 21.2 Å². The maximum Gasteiger partial charge on any atom is 0.333 e. The number of hydrogen-bond donors (Lipinski definition) is 1. The normalized spacial score (nSPS) is 11.1. The fourth-order valence-electron chi connectivity index (χ4n) is 2.09. The van der Waals surface area contributed by atoms with Gasteiger partial charge in [-0.15, -0.1) is 11.3 Å². The monoisotopic (exact) mass is 328 g/mol. The zero-order valence-electron chi connectivity index (χ0n) is 12.1. The maximum atomic E-state index is 11.2. The van der Waals surface area contributed by atoms with E-state index in [0.717, 1.165) is 15.6 Å². The summed E-state index contributed by atoms with van der Waals surface area (Å²) in [5.74, 6) is 0.468. The first-order valence-electron chi connectivity index (χ1n) is 6.61. The van der Waals surface area contributed by atoms with E-state index in [2.05, 4.69) is 10.4 Å². The summed E-state index contributed by atoms with van der Waals surface area (Å²) in [5.41, 5.74) is 0.475. The van der Waals surface area contributed by atoms with E-state index in [1.54, 1.807) is 11.6 Å². The van der Waals surface area contributed by atoms with Crippen molar-refractivity contribution >= 4 is 34.4 Å². The van der Waals surface area contributed by atoms with Crippen molar-refractivity contribution in [2.45, 2.75) is 33.2 Å². The van der Waals surface area contributed by atoms with Crippen molar-refractivity contribution in [2.24, 2.45) is 0 Å². The van der Waals surface area contributed by atoms with Crippen LogP contribution < -0.4 is 5.32 Å². The first kappa shape index (κ1) is 15.8. The molecule has 0 saturated carbocycles. The molecule has 0 atom stereocenters. The predicted octanol–water partition coefficient (Wildman–Crippen LogP) is 4.05. The van der Waals surface area contributed by atoms with Crippen LogP contribution in [0.4, 0.5) is 11.5 Å². The maximum absolute atomic E-state index is 11.2. The summed E-state index contributed by atoms with van der Waals surface area (Å²) in [4.78, 5) is 12.0. The molecule has 0 fully saturated rings. The van der Waals surface area contributed by atoms with E-state index < -0.39 is 0 Å². The van der Waals surface area contributed by atoms with Gasteiger partial charge in [-0.25, -0.2) is 4.68 Å². The molecule has 0 saturated heterocycles. The van der Waals surface area contributed by atoms with Crippen LogP contribution in [0.15, 0.2) is 12.1 Å². The zero-order chi connectivity index (χ0) is 15.6. The molecule has 21 heavy (non-hydrogen) atoms. The second kappa shape index (κ2) is 6.44. The van der Waals surface area contributed by atoms with Gasteiger partial charge in [0.2, 0.25) is 5.82 Å². The summed E-state index contributed by atoms with van der Waals surface area (Å²) in [6.07, 6.45) is 0.761. The third-order valence-corrected chi connectivity index (χ3v) is 4.31. The summed E-state index contributed by atoms with van der Waals surface area (Å²) in [6, 6.07) is 3.87. The second-order valence-electron chi connectivity index (χ2n) is 4.96. The minimum atomic E-state index is -0.383. The molecule has 2 aromatic heterocycles. The van der Waals surface area contributed by atoms with Gasteiger partial charge in [0, 0.05) is 17.5 Å². The smallest absolute Gasteiger partial charge is 0.333 e. The molecule has 0 radical (unpaired) electrons. The minimum absolute atomic E-state index is 0.0490. The van der Waals surface area contributed by atoms with Gasteiger partial charge < -0.3 is 5.32 Å². The van der Waals surface area contributed by atoms with Crippen LogP contribution in [0, 0.1) is 17.0 Å². The number of aryl methyl sites for hydroxylation is 1. The van der Waals surface area contributed by atoms with Crippen molar-refractivity contribution < 1.29 is 4.92 Å². The van der Waals surface area contributed by atoms with Crippen LogP contribution >= 0.6 is 22.9 Å². The Hall–Kier alpha value is -1.60. The number of nitrogens with zero attached hydrogens (tertiary/aromatic N) is 3. The van der Waals surface area contributed by atoms with E-state index in [9.17, 15) is 10.1 Å². The van der Waals surface area contributed by atoms with Gasteiger partial charge in [-0.1, -0.05) is 11.6 Å². The first-order valence-corrected chi connectivity index (χ1v) is 7.81. The number of halogens is 1. The number of hydrogen-bond acceptors (Lipinski definition) is 5. The van der Waals surface area contributed by atoms with Crippen molar-refractivity contribution in [1.82, 2.24) is 9.78 Å². The van der Waals surface area contributed by atoms with Crippen molar-refractivity contribution in [3.63, 3.8) is 0 Å². The molecule has 2 rings (SSSR count). The molecule has 2 aromatic rings. The molecule has 0 aromatic carbocycles. The van der Waals surface area contributed by atoms with Crippen molar-refractivity contribution in [2.75, 3.05) is 11.9 Å². The van der Waals surface area contributed by atoms with Gasteiger partial charge in [-0.3, -0.25) is 10.1 Å². The molecule has 0 spiro atoms. The molecule has 8 heteroatoms. The van der Waals surface area contributed by atoms with Crippen molar-refractivity contribution in [3.8, 4) is 0 Å². The summed E-state index contributed by atoms with van der Waals surface area (Å²) in [7, 11) is 0. The molecule has 0 aliphatic heterocycles. The van der Waals surface area contributed by atoms with Crippen molar-refractivity contribution in [3.05, 3.63) is 37.2 Å². The van der Waals surface area contributed by atoms with E-state index in [4.69, 9.17) is 11.6 Å². The average molecular weight is 329 g/mol. The summed E-state index contributed by atoms with van der Waals surface area (Å²) >= 11 is 7.41. The molecule has 6 nitrogen and oxygen atoms in total. The number of thiophene rings is 1. The number of nitro groups is 1. The third-order valence-electron chi connectivity index (χ3n) is 3.02. The Balaban J connectivity index is 2.15. The molecule has 0 amide bonds. The summed E-state index contributed by atoms with van der Waals surface area (Å²) < 4.78 is 2.41. The Morgan fingerprint density at radius 2 is 2.24 bits per heavy atom. The lowest BCUT2D eigenvalue weighted by Gasteiger charge is -2.11. The minimum Gasteiger partial charge on any atom is -0.364 e. The van der Waals surface area contributed by atoms with Crippen molar-refractivity contribution in [1.29, 1.82) is 0 Å². The molecule has 0 unspecified atom stereocenters. The van der Waals surface area contributed by atoms with Crippen LogP contribution in [0.2, 0.25) is 4.34 Å². The highest BCUT2D eigenvalue weighted by atomic mass is 35.5. The molecule has 1 N–H and O–H groups in total. The predicted molar refractivity (Wildman–Crippen MR) is 85.5 cm³/mol. The lowest BCUT2D eigenvalue weighted by Crippen LogP contribution is -2.13. The molecule has 0 aliphatic carbocycles. The topological polar surface area (TPSA) is 73.0 Å². The van der Waals surface area contributed by atoms with Gasteiger partial charge in [0.15, 0.2) is 0 Å². The van der Waals surface area contributed by atoms with Crippen LogP contribution in [-0.2, 0) is 6.42 Å². The third kappa shape index (κ3) is 3.54. The standard InChI is InChI=1S/C13H17ClN4O2S/c1-8(2)17-13(12(18(19)20)9(3)16-17)15-7-6-10-4-5-11(14)21-10/h4-5,8,15H,6-7H2,1-3H3. The quantitative estimate of drug-likeness (QED) is 0.641. The molecule has 0 aliphatic rings. The highest BCUT2D eigenvalue weighted by molar-refractivity contribution is 7.16. The van der Waals surface area contributed by atoms with Crippen LogP contribution in [0.1, 0.15) is 30.5 Å². The van der Waals surface area contributed by atoms with Gasteiger partial charge in [-0.2, -0.15) is 5.10 Å². The summed E-state index contributed by atoms with van der Waals surface area (Å²) in [6.45, 7) is 6.14. The molecule has 0 bridgehead atoms. The molecular weight excluding hydrogens is 312 g/mol. The number of nitrogens with one attached hydrogen (secondary N) is 1. The van der Waals surface area contributed by atoms with Crippen LogP contribution in [0.25, 0.3) is 0 Å². The first-order chi connectivity index (χ1) is 9.90. The van der Waals surface area contributed by atoms with E-state index in [1.807, 2.05) is 26.0 Å². The van der Waals surface area contributed by atoms with Gasteiger partial charge in [0.05, 0.1) is 9.26 Å². The summed E-state index contributed by atoms with van der Waals surface area (Å²) in [5, 5.41) is 18.6. The molecule has 2 heterocycles. The molecular formula is C13H17ClN4O2S.